The average molecular weight is 396 g/mol. The van der Waals surface area contributed by atoms with E-state index in [9.17, 15) is 14.4 Å². The van der Waals surface area contributed by atoms with Gasteiger partial charge in [-0.15, -0.1) is 0 Å². The van der Waals surface area contributed by atoms with Crippen LogP contribution in [0.25, 0.3) is 0 Å². The highest BCUT2D eigenvalue weighted by Gasteiger charge is 2.39. The van der Waals surface area contributed by atoms with Crippen molar-refractivity contribution >= 4 is 17.7 Å². The van der Waals surface area contributed by atoms with E-state index in [2.05, 4.69) is 22.0 Å². The van der Waals surface area contributed by atoms with Crippen molar-refractivity contribution < 1.29 is 14.4 Å². The molecule has 0 spiro atoms. The Bertz CT molecular complexity index is 854. The summed E-state index contributed by atoms with van der Waals surface area (Å²) in [5, 5.41) is 9.58. The molecule has 29 heavy (non-hydrogen) atoms. The fourth-order valence-electron chi connectivity index (χ4n) is 5.48. The van der Waals surface area contributed by atoms with Crippen molar-refractivity contribution in [1.82, 2.24) is 20.9 Å². The van der Waals surface area contributed by atoms with Crippen molar-refractivity contribution in [3.8, 4) is 0 Å². The van der Waals surface area contributed by atoms with E-state index in [4.69, 9.17) is 0 Å². The third-order valence-corrected chi connectivity index (χ3v) is 7.14. The first kappa shape index (κ1) is 18.8. The maximum atomic E-state index is 12.8. The number of piperidine rings is 1. The van der Waals surface area contributed by atoms with Crippen LogP contribution in [-0.4, -0.2) is 47.8 Å². The Morgan fingerprint density at radius 3 is 2.79 bits per heavy atom. The quantitative estimate of drug-likeness (QED) is 0.659. The second-order valence-electron chi connectivity index (χ2n) is 8.96. The van der Waals surface area contributed by atoms with Gasteiger partial charge in [-0.1, -0.05) is 12.1 Å². The molecule has 154 valence electrons. The number of imide groups is 1. The predicted octanol–water partition coefficient (Wildman–Crippen LogP) is 0.925. The summed E-state index contributed by atoms with van der Waals surface area (Å²) in [6, 6.07) is 6.00. The lowest BCUT2D eigenvalue weighted by Gasteiger charge is -2.31. The first-order valence-corrected chi connectivity index (χ1v) is 10.8. The average Bonchev–Trinajstić information content (AvgIpc) is 3.30. The molecule has 4 aliphatic rings. The van der Waals surface area contributed by atoms with E-state index in [-0.39, 0.29) is 24.1 Å². The van der Waals surface area contributed by atoms with Gasteiger partial charge in [0, 0.05) is 31.1 Å². The monoisotopic (exact) mass is 396 g/mol. The second-order valence-corrected chi connectivity index (χ2v) is 8.96. The zero-order valence-electron chi connectivity index (χ0n) is 16.6. The van der Waals surface area contributed by atoms with Gasteiger partial charge in [0.05, 0.1) is 0 Å². The molecule has 1 saturated carbocycles. The molecule has 0 bridgehead atoms. The molecule has 3 fully saturated rings. The summed E-state index contributed by atoms with van der Waals surface area (Å²) in [6.07, 6.45) is 4.46. The molecule has 1 aromatic rings. The van der Waals surface area contributed by atoms with Gasteiger partial charge in [0.2, 0.25) is 11.8 Å². The van der Waals surface area contributed by atoms with E-state index in [1.165, 1.54) is 31.4 Å². The number of carbonyl (C=O) groups excluding carboxylic acids is 3. The van der Waals surface area contributed by atoms with Gasteiger partial charge in [-0.25, -0.2) is 0 Å². The Morgan fingerprint density at radius 1 is 1.07 bits per heavy atom. The Morgan fingerprint density at radius 2 is 1.93 bits per heavy atom. The summed E-state index contributed by atoms with van der Waals surface area (Å²) in [6.45, 7) is 3.57. The van der Waals surface area contributed by atoms with Crippen LogP contribution in [-0.2, 0) is 22.7 Å². The van der Waals surface area contributed by atoms with Gasteiger partial charge in [-0.05, 0) is 67.8 Å². The molecule has 2 saturated heterocycles. The summed E-state index contributed by atoms with van der Waals surface area (Å²) in [5.74, 6) is 0.937. The molecule has 5 rings (SSSR count). The summed E-state index contributed by atoms with van der Waals surface area (Å²) < 4.78 is 0. The van der Waals surface area contributed by atoms with Crippen molar-refractivity contribution in [1.29, 1.82) is 0 Å². The van der Waals surface area contributed by atoms with Crippen LogP contribution in [0.1, 0.15) is 53.6 Å². The molecule has 4 atom stereocenters. The minimum atomic E-state index is -0.551. The van der Waals surface area contributed by atoms with Crippen LogP contribution < -0.4 is 16.0 Å². The largest absolute Gasteiger partial charge is 0.322 e. The Labute approximate surface area is 170 Å². The molecule has 3 aliphatic heterocycles. The normalized spacial score (nSPS) is 31.6. The van der Waals surface area contributed by atoms with Gasteiger partial charge < -0.3 is 15.5 Å². The first-order valence-electron chi connectivity index (χ1n) is 10.8. The molecule has 3 N–H and O–H groups in total. The van der Waals surface area contributed by atoms with E-state index in [1.54, 1.807) is 4.90 Å². The summed E-state index contributed by atoms with van der Waals surface area (Å²) in [7, 11) is 0. The standard InChI is InChI=1S/C22H28N4O3/c27-20-6-5-19(21(28)25-20)26-12-16-7-13(1-4-18(16)22(26)29)9-24-17-3-2-14-10-23-11-15(14)8-17/h1,4,7,14-15,17,19,23-24H,2-3,5-6,8-12H2,(H,25,27,28). The lowest BCUT2D eigenvalue weighted by Crippen LogP contribution is -2.52. The molecule has 0 radical (unpaired) electrons. The van der Waals surface area contributed by atoms with E-state index in [0.717, 1.165) is 30.5 Å². The Hall–Kier alpha value is -2.25. The SMILES string of the molecule is O=C1CCC(N2Cc3cc(CNC4CCC5CNCC5C4)ccc3C2=O)C(=O)N1. The third-order valence-electron chi connectivity index (χ3n) is 7.14. The lowest BCUT2D eigenvalue weighted by atomic mass is 9.79. The molecular formula is C22H28N4O3. The Kier molecular flexibility index (Phi) is 4.87. The van der Waals surface area contributed by atoms with Gasteiger partial charge in [0.25, 0.3) is 5.91 Å². The predicted molar refractivity (Wildman–Crippen MR) is 107 cm³/mol. The molecule has 1 aliphatic carbocycles. The zero-order chi connectivity index (χ0) is 20.0. The number of hydrogen-bond donors (Lipinski definition) is 3. The molecule has 1 aromatic carbocycles. The van der Waals surface area contributed by atoms with Gasteiger partial charge in [-0.3, -0.25) is 19.7 Å². The smallest absolute Gasteiger partial charge is 0.255 e. The van der Waals surface area contributed by atoms with E-state index in [0.29, 0.717) is 24.6 Å². The van der Waals surface area contributed by atoms with Crippen molar-refractivity contribution in [2.75, 3.05) is 13.1 Å². The van der Waals surface area contributed by atoms with Crippen LogP contribution >= 0.6 is 0 Å². The van der Waals surface area contributed by atoms with Gasteiger partial charge in [0.1, 0.15) is 6.04 Å². The van der Waals surface area contributed by atoms with Crippen molar-refractivity contribution in [2.45, 2.75) is 57.3 Å². The van der Waals surface area contributed by atoms with E-state index >= 15 is 0 Å². The third kappa shape index (κ3) is 3.57. The summed E-state index contributed by atoms with van der Waals surface area (Å²) in [5.41, 5.74) is 2.83. The van der Waals surface area contributed by atoms with Crippen LogP contribution in [0.5, 0.6) is 0 Å². The lowest BCUT2D eigenvalue weighted by molar-refractivity contribution is -0.136. The van der Waals surface area contributed by atoms with E-state index < -0.39 is 6.04 Å². The van der Waals surface area contributed by atoms with Crippen molar-refractivity contribution in [3.05, 3.63) is 34.9 Å². The number of nitrogens with zero attached hydrogens (tertiary/aromatic N) is 1. The summed E-state index contributed by atoms with van der Waals surface area (Å²) >= 11 is 0. The number of rotatable bonds is 4. The number of hydrogen-bond acceptors (Lipinski definition) is 5. The number of benzene rings is 1. The second kappa shape index (κ2) is 7.54. The molecule has 3 amide bonds. The van der Waals surface area contributed by atoms with Crippen LogP contribution in [0.2, 0.25) is 0 Å². The number of fused-ring (bicyclic) bond motifs is 2. The molecule has 4 unspecified atom stereocenters. The maximum Gasteiger partial charge on any atom is 0.255 e. The molecular weight excluding hydrogens is 368 g/mol. The first-order chi connectivity index (χ1) is 14.1. The highest BCUT2D eigenvalue weighted by Crippen LogP contribution is 2.33. The minimum absolute atomic E-state index is 0.110. The maximum absolute atomic E-state index is 12.8. The van der Waals surface area contributed by atoms with Crippen molar-refractivity contribution in [3.63, 3.8) is 0 Å². The van der Waals surface area contributed by atoms with Gasteiger partial charge in [0.15, 0.2) is 0 Å². The summed E-state index contributed by atoms with van der Waals surface area (Å²) in [4.78, 5) is 38.0. The molecule has 7 nitrogen and oxygen atoms in total. The zero-order valence-corrected chi connectivity index (χ0v) is 16.6. The van der Waals surface area contributed by atoms with Crippen LogP contribution in [0, 0.1) is 11.8 Å². The highest BCUT2D eigenvalue weighted by atomic mass is 16.2. The van der Waals surface area contributed by atoms with E-state index in [1.807, 2.05) is 12.1 Å². The minimum Gasteiger partial charge on any atom is -0.322 e. The highest BCUT2D eigenvalue weighted by molar-refractivity contribution is 6.05. The number of amides is 3. The Balaban J connectivity index is 1.22. The number of carbonyl (C=O) groups is 3. The fourth-order valence-corrected chi connectivity index (χ4v) is 5.48. The number of nitrogens with one attached hydrogen (secondary N) is 3. The van der Waals surface area contributed by atoms with Crippen molar-refractivity contribution in [2.24, 2.45) is 11.8 Å². The van der Waals surface area contributed by atoms with Crippen LogP contribution in [0.15, 0.2) is 18.2 Å². The van der Waals surface area contributed by atoms with Crippen LogP contribution in [0.4, 0.5) is 0 Å². The topological polar surface area (TPSA) is 90.5 Å². The fraction of sp³-hybridized carbons (Fsp3) is 0.591. The molecule has 0 aromatic heterocycles. The van der Waals surface area contributed by atoms with Gasteiger partial charge >= 0.3 is 0 Å². The van der Waals surface area contributed by atoms with Gasteiger partial charge in [-0.2, -0.15) is 0 Å². The van der Waals surface area contributed by atoms with Crippen LogP contribution in [0.3, 0.4) is 0 Å². The molecule has 7 heteroatoms. The molecule has 3 heterocycles.